The number of nitrogens with zero attached hydrogens (tertiary/aromatic N) is 6. The predicted molar refractivity (Wildman–Crippen MR) is 155 cm³/mol. The van der Waals surface area contributed by atoms with Crippen LogP contribution in [0.3, 0.4) is 0 Å². The van der Waals surface area contributed by atoms with Gasteiger partial charge in [0.1, 0.15) is 0 Å². The summed E-state index contributed by atoms with van der Waals surface area (Å²) in [4.78, 5) is 31.4. The fourth-order valence-corrected chi connectivity index (χ4v) is 7.02. The zero-order chi connectivity index (χ0) is 28.0. The van der Waals surface area contributed by atoms with E-state index in [2.05, 4.69) is 50.6 Å². The highest BCUT2D eigenvalue weighted by molar-refractivity contribution is 6.30. The third-order valence-electron chi connectivity index (χ3n) is 8.93. The van der Waals surface area contributed by atoms with Gasteiger partial charge in [0.05, 0.1) is 28.2 Å². The first-order valence-electron chi connectivity index (χ1n) is 14.3. The first-order valence-corrected chi connectivity index (χ1v) is 14.7. The number of hydrogen-bond acceptors (Lipinski definition) is 9. The molecule has 5 heterocycles. The smallest absolute Gasteiger partial charge is 0.380 e. The normalized spacial score (nSPS) is 27.1. The maximum atomic E-state index is 12.2. The van der Waals surface area contributed by atoms with Gasteiger partial charge in [-0.3, -0.25) is 29.3 Å². The monoisotopic (exact) mass is 567 g/mol. The van der Waals surface area contributed by atoms with Crippen LogP contribution in [0.15, 0.2) is 40.0 Å². The number of fused-ring (bicyclic) bond motifs is 1. The summed E-state index contributed by atoms with van der Waals surface area (Å²) in [5, 5.41) is 4.73. The second kappa shape index (κ2) is 11.1. The van der Waals surface area contributed by atoms with Crippen LogP contribution in [-0.2, 0) is 4.74 Å². The Hall–Kier alpha value is -2.95. The highest BCUT2D eigenvalue weighted by Gasteiger charge is 2.50. The van der Waals surface area contributed by atoms with Crippen LogP contribution in [0.2, 0.25) is 5.02 Å². The average molecular weight is 568 g/mol. The van der Waals surface area contributed by atoms with Crippen molar-refractivity contribution in [1.82, 2.24) is 25.0 Å². The maximum Gasteiger partial charge on any atom is 0.440 e. The number of aromatic nitrogens is 4. The number of likely N-dealkylation sites (tertiary alicyclic amines) is 1. The Bertz CT molecular complexity index is 1390. The molecule has 11 heteroatoms. The lowest BCUT2D eigenvalue weighted by Crippen LogP contribution is -2.57. The summed E-state index contributed by atoms with van der Waals surface area (Å²) in [5.41, 5.74) is 3.55. The molecule has 0 aromatic carbocycles. The van der Waals surface area contributed by atoms with Gasteiger partial charge in [-0.1, -0.05) is 45.2 Å². The largest absolute Gasteiger partial charge is 0.440 e. The molecular weight excluding hydrogens is 530 g/mol. The minimum atomic E-state index is -0.583. The van der Waals surface area contributed by atoms with Gasteiger partial charge in [0.2, 0.25) is 0 Å². The van der Waals surface area contributed by atoms with E-state index in [-0.39, 0.29) is 18.4 Å². The standard InChI is InChI=1S/C29H38ClN7O3/c1-17(2)24-12-22(39-4)16-35(24)29-36(15-19-7-5-18(3)6-8-19)26-23(37(29)27-33-28(38)40-34-27)9-10-32-25(26)20-11-21(30)14-31-13-20/h9-11,13-14,17-19,22,24,29H,5-8,12,15-16H2,1-4H3,(H,33,34,38)/t18?,19?,22-,24+,29?/m1/s1. The van der Waals surface area contributed by atoms with Gasteiger partial charge in [0.15, 0.2) is 6.29 Å². The quantitative estimate of drug-likeness (QED) is 0.408. The van der Waals surface area contributed by atoms with Gasteiger partial charge in [0, 0.05) is 50.4 Å². The van der Waals surface area contributed by atoms with Gasteiger partial charge in [-0.25, -0.2) is 4.79 Å². The number of halogens is 1. The van der Waals surface area contributed by atoms with Crippen molar-refractivity contribution in [3.05, 3.63) is 46.3 Å². The molecule has 3 aromatic rings. The Kier molecular flexibility index (Phi) is 7.58. The maximum absolute atomic E-state index is 12.2. The van der Waals surface area contributed by atoms with Crippen molar-refractivity contribution in [2.75, 3.05) is 30.0 Å². The van der Waals surface area contributed by atoms with Gasteiger partial charge < -0.3 is 9.64 Å². The van der Waals surface area contributed by atoms with Crippen molar-refractivity contribution in [3.63, 3.8) is 0 Å². The van der Waals surface area contributed by atoms with Gasteiger partial charge >= 0.3 is 5.76 Å². The van der Waals surface area contributed by atoms with E-state index < -0.39 is 5.76 Å². The highest BCUT2D eigenvalue weighted by Crippen LogP contribution is 2.50. The summed E-state index contributed by atoms with van der Waals surface area (Å²) in [6.07, 6.45) is 10.9. The van der Waals surface area contributed by atoms with Crippen molar-refractivity contribution < 1.29 is 9.26 Å². The molecule has 3 aromatic heterocycles. The fourth-order valence-electron chi connectivity index (χ4n) is 6.85. The number of pyridine rings is 2. The summed E-state index contributed by atoms with van der Waals surface area (Å²) >= 11 is 6.40. The molecule has 0 radical (unpaired) electrons. The summed E-state index contributed by atoms with van der Waals surface area (Å²) < 4.78 is 10.9. The van der Waals surface area contributed by atoms with Crippen molar-refractivity contribution in [3.8, 4) is 11.3 Å². The lowest BCUT2D eigenvalue weighted by Gasteiger charge is -2.43. The number of anilines is 3. The zero-order valence-electron chi connectivity index (χ0n) is 23.6. The predicted octanol–water partition coefficient (Wildman–Crippen LogP) is 5.29. The number of rotatable bonds is 7. The zero-order valence-corrected chi connectivity index (χ0v) is 24.3. The molecule has 3 atom stereocenters. The van der Waals surface area contributed by atoms with E-state index in [4.69, 9.17) is 25.8 Å². The molecular formula is C29H38ClN7O3. The van der Waals surface area contributed by atoms with E-state index in [0.29, 0.717) is 22.8 Å². The number of nitrogens with one attached hydrogen (secondary N) is 1. The van der Waals surface area contributed by atoms with E-state index >= 15 is 0 Å². The van der Waals surface area contributed by atoms with Crippen LogP contribution >= 0.6 is 11.6 Å². The number of methoxy groups -OCH3 is 1. The van der Waals surface area contributed by atoms with Gasteiger partial charge in [-0.05, 0) is 54.3 Å². The molecule has 2 aliphatic heterocycles. The molecule has 1 unspecified atom stereocenters. The van der Waals surface area contributed by atoms with Crippen molar-refractivity contribution >= 4 is 28.9 Å². The summed E-state index contributed by atoms with van der Waals surface area (Å²) in [5.74, 6) is 1.48. The molecule has 0 spiro atoms. The van der Waals surface area contributed by atoms with Crippen LogP contribution in [0.4, 0.5) is 17.3 Å². The van der Waals surface area contributed by atoms with Crippen LogP contribution in [0.1, 0.15) is 52.9 Å². The summed E-state index contributed by atoms with van der Waals surface area (Å²) in [6, 6.07) is 4.16. The molecule has 1 saturated carbocycles. The second-order valence-electron chi connectivity index (χ2n) is 11.9. The van der Waals surface area contributed by atoms with Crippen LogP contribution in [0, 0.1) is 17.8 Å². The molecule has 1 saturated heterocycles. The number of aromatic amines is 1. The molecule has 1 aliphatic carbocycles. The number of ether oxygens (including phenoxy) is 1. The van der Waals surface area contributed by atoms with Crippen molar-refractivity contribution in [1.29, 1.82) is 0 Å². The van der Waals surface area contributed by atoms with Gasteiger partial charge in [-0.15, -0.1) is 0 Å². The third kappa shape index (κ3) is 5.01. The molecule has 0 bridgehead atoms. The minimum absolute atomic E-state index is 0.112. The molecule has 1 N–H and O–H groups in total. The van der Waals surface area contributed by atoms with E-state index in [1.165, 1.54) is 25.7 Å². The number of hydrogen-bond donors (Lipinski definition) is 1. The van der Waals surface area contributed by atoms with E-state index in [1.54, 1.807) is 25.7 Å². The van der Waals surface area contributed by atoms with Crippen molar-refractivity contribution in [2.24, 2.45) is 17.8 Å². The molecule has 214 valence electrons. The lowest BCUT2D eigenvalue weighted by molar-refractivity contribution is 0.0973. The van der Waals surface area contributed by atoms with Gasteiger partial charge in [-0.2, -0.15) is 0 Å². The molecule has 2 fully saturated rings. The Balaban J connectivity index is 1.53. The van der Waals surface area contributed by atoms with E-state index in [1.807, 2.05) is 12.1 Å². The Morgan fingerprint density at radius 3 is 2.70 bits per heavy atom. The SMILES string of the molecule is CO[C@@H]1C[C@@H](C(C)C)N(C2N(CC3CCC(C)CC3)c3c(ccnc3-c3cncc(Cl)c3)N2c2noc(=O)[nH]2)C1. The van der Waals surface area contributed by atoms with Crippen LogP contribution in [0.5, 0.6) is 0 Å². The lowest BCUT2D eigenvalue weighted by atomic mass is 9.82. The summed E-state index contributed by atoms with van der Waals surface area (Å²) in [7, 11) is 1.79. The Morgan fingerprint density at radius 1 is 1.23 bits per heavy atom. The Morgan fingerprint density at radius 2 is 2.02 bits per heavy atom. The first-order chi connectivity index (χ1) is 19.3. The average Bonchev–Trinajstić information content (AvgIpc) is 3.65. The van der Waals surface area contributed by atoms with Crippen LogP contribution < -0.4 is 15.6 Å². The van der Waals surface area contributed by atoms with E-state index in [9.17, 15) is 4.79 Å². The van der Waals surface area contributed by atoms with Crippen LogP contribution in [0.25, 0.3) is 11.3 Å². The van der Waals surface area contributed by atoms with E-state index in [0.717, 1.165) is 48.1 Å². The molecule has 10 nitrogen and oxygen atoms in total. The topological polar surface area (TPSA) is 104 Å². The second-order valence-corrected chi connectivity index (χ2v) is 12.4. The molecule has 3 aliphatic rings. The molecule has 40 heavy (non-hydrogen) atoms. The fraction of sp³-hybridized carbons (Fsp3) is 0.586. The Labute approximate surface area is 239 Å². The van der Waals surface area contributed by atoms with Crippen molar-refractivity contribution in [2.45, 2.75) is 71.3 Å². The third-order valence-corrected chi connectivity index (χ3v) is 9.14. The highest BCUT2D eigenvalue weighted by atomic mass is 35.5. The number of H-pyrrole nitrogens is 1. The minimum Gasteiger partial charge on any atom is -0.380 e. The molecule has 0 amide bonds. The first kappa shape index (κ1) is 27.2. The van der Waals surface area contributed by atoms with Crippen LogP contribution in [-0.4, -0.2) is 63.6 Å². The van der Waals surface area contributed by atoms with Gasteiger partial charge in [0.25, 0.3) is 5.95 Å². The molecule has 6 rings (SSSR count). The summed E-state index contributed by atoms with van der Waals surface area (Å²) in [6.45, 7) is 8.49.